The molecule has 8 heteroatoms. The molecule has 1 aliphatic heterocycles. The lowest BCUT2D eigenvalue weighted by Gasteiger charge is -2.32. The molecule has 1 amide bonds. The first-order chi connectivity index (χ1) is 12.5. The maximum absolute atomic E-state index is 12.5. The molecule has 3 rings (SSSR count). The van der Waals surface area contributed by atoms with Crippen LogP contribution in [0.4, 0.5) is 0 Å². The molecule has 8 nitrogen and oxygen atoms in total. The zero-order valence-electron chi connectivity index (χ0n) is 14.1. The van der Waals surface area contributed by atoms with Gasteiger partial charge in [0, 0.05) is 24.7 Å². The van der Waals surface area contributed by atoms with Gasteiger partial charge in [0.2, 0.25) is 5.91 Å². The van der Waals surface area contributed by atoms with Crippen LogP contribution in [0.5, 0.6) is 0 Å². The summed E-state index contributed by atoms with van der Waals surface area (Å²) in [5, 5.41) is 13.1. The normalized spacial score (nSPS) is 17.1. The third kappa shape index (κ3) is 4.34. The van der Waals surface area contributed by atoms with Crippen LogP contribution < -0.4 is 5.56 Å². The Bertz CT molecular complexity index is 849. The molecule has 0 bridgehead atoms. The summed E-state index contributed by atoms with van der Waals surface area (Å²) in [5.74, 6) is -1.26. The minimum absolute atomic E-state index is 0.161. The number of carbonyl (C=O) groups is 2. The highest BCUT2D eigenvalue weighted by molar-refractivity contribution is 5.76. The van der Waals surface area contributed by atoms with E-state index in [2.05, 4.69) is 5.10 Å². The predicted molar refractivity (Wildman–Crippen MR) is 92.5 cm³/mol. The van der Waals surface area contributed by atoms with Gasteiger partial charge in [-0.2, -0.15) is 5.10 Å². The molecule has 1 unspecified atom stereocenters. The first-order valence-electron chi connectivity index (χ1n) is 8.27. The SMILES string of the molecule is O=C(O)CC1CN(C(=O)Cn2nc(-c3ccccc3)ccc2=O)CCO1. The third-order valence-corrected chi connectivity index (χ3v) is 4.11. The molecule has 1 N–H and O–H groups in total. The maximum atomic E-state index is 12.5. The number of benzene rings is 1. The first kappa shape index (κ1) is 17.8. The topological polar surface area (TPSA) is 102 Å². The Balaban J connectivity index is 1.73. The van der Waals surface area contributed by atoms with Crippen molar-refractivity contribution in [1.29, 1.82) is 0 Å². The van der Waals surface area contributed by atoms with Crippen molar-refractivity contribution in [1.82, 2.24) is 14.7 Å². The van der Waals surface area contributed by atoms with Crippen molar-refractivity contribution < 1.29 is 19.4 Å². The molecule has 1 fully saturated rings. The smallest absolute Gasteiger partial charge is 0.306 e. The number of amides is 1. The van der Waals surface area contributed by atoms with E-state index in [1.807, 2.05) is 30.3 Å². The lowest BCUT2D eigenvalue weighted by Crippen LogP contribution is -2.48. The maximum Gasteiger partial charge on any atom is 0.306 e. The molecule has 2 heterocycles. The number of carbonyl (C=O) groups excluding carboxylic acids is 1. The van der Waals surface area contributed by atoms with E-state index in [0.29, 0.717) is 12.2 Å². The van der Waals surface area contributed by atoms with E-state index >= 15 is 0 Å². The third-order valence-electron chi connectivity index (χ3n) is 4.11. The van der Waals surface area contributed by atoms with Gasteiger partial charge in [0.25, 0.3) is 5.56 Å². The van der Waals surface area contributed by atoms with E-state index in [9.17, 15) is 14.4 Å². The summed E-state index contributed by atoms with van der Waals surface area (Å²) in [7, 11) is 0. The first-order valence-corrected chi connectivity index (χ1v) is 8.27. The second kappa shape index (κ2) is 7.92. The number of aliphatic carboxylic acids is 1. The molecule has 1 atom stereocenters. The average molecular weight is 357 g/mol. The zero-order valence-corrected chi connectivity index (χ0v) is 14.1. The molecule has 2 aromatic rings. The summed E-state index contributed by atoms with van der Waals surface area (Å²) in [6.07, 6.45) is -0.698. The molecule has 0 spiro atoms. The number of nitrogens with zero attached hydrogens (tertiary/aromatic N) is 3. The fourth-order valence-electron chi connectivity index (χ4n) is 2.82. The second-order valence-corrected chi connectivity index (χ2v) is 6.01. The average Bonchev–Trinajstić information content (AvgIpc) is 2.64. The minimum Gasteiger partial charge on any atom is -0.481 e. The largest absolute Gasteiger partial charge is 0.481 e. The van der Waals surface area contributed by atoms with Gasteiger partial charge in [-0.3, -0.25) is 14.4 Å². The quantitative estimate of drug-likeness (QED) is 0.841. The number of aromatic nitrogens is 2. The van der Waals surface area contributed by atoms with Crippen LogP contribution in [-0.4, -0.2) is 57.5 Å². The molecule has 136 valence electrons. The van der Waals surface area contributed by atoms with Gasteiger partial charge in [0.15, 0.2) is 0 Å². The number of ether oxygens (including phenoxy) is 1. The van der Waals surface area contributed by atoms with Gasteiger partial charge in [-0.1, -0.05) is 30.3 Å². The zero-order chi connectivity index (χ0) is 18.5. The van der Waals surface area contributed by atoms with Crippen LogP contribution in [-0.2, 0) is 20.9 Å². The fourth-order valence-corrected chi connectivity index (χ4v) is 2.82. The predicted octanol–water partition coefficient (Wildman–Crippen LogP) is 0.612. The molecular weight excluding hydrogens is 338 g/mol. The number of carboxylic acids is 1. The summed E-state index contributed by atoms with van der Waals surface area (Å²) < 4.78 is 6.49. The molecular formula is C18H19N3O5. The lowest BCUT2D eigenvalue weighted by atomic mass is 10.1. The van der Waals surface area contributed by atoms with Crippen molar-refractivity contribution >= 4 is 11.9 Å². The number of carboxylic acid groups (broad SMARTS) is 1. The summed E-state index contributed by atoms with van der Waals surface area (Å²) in [6.45, 7) is 0.635. The Morgan fingerprint density at radius 1 is 1.19 bits per heavy atom. The van der Waals surface area contributed by atoms with E-state index in [0.717, 1.165) is 10.2 Å². The molecule has 26 heavy (non-hydrogen) atoms. The van der Waals surface area contributed by atoms with Crippen LogP contribution in [0.15, 0.2) is 47.3 Å². The molecule has 1 aliphatic rings. The lowest BCUT2D eigenvalue weighted by molar-refractivity contribution is -0.148. The monoisotopic (exact) mass is 357 g/mol. The summed E-state index contributed by atoms with van der Waals surface area (Å²) in [6, 6.07) is 12.4. The molecule has 0 aliphatic carbocycles. The van der Waals surface area contributed by atoms with E-state index in [1.54, 1.807) is 6.07 Å². The highest BCUT2D eigenvalue weighted by Gasteiger charge is 2.26. The van der Waals surface area contributed by atoms with E-state index in [1.165, 1.54) is 11.0 Å². The molecule has 1 aromatic carbocycles. The van der Waals surface area contributed by atoms with Crippen LogP contribution in [0.3, 0.4) is 0 Å². The van der Waals surface area contributed by atoms with E-state index < -0.39 is 12.1 Å². The highest BCUT2D eigenvalue weighted by Crippen LogP contribution is 2.14. The van der Waals surface area contributed by atoms with Crippen molar-refractivity contribution in [3.05, 3.63) is 52.8 Å². The summed E-state index contributed by atoms with van der Waals surface area (Å²) >= 11 is 0. The van der Waals surface area contributed by atoms with Gasteiger partial charge < -0.3 is 14.7 Å². The van der Waals surface area contributed by atoms with E-state index in [4.69, 9.17) is 9.84 Å². The summed E-state index contributed by atoms with van der Waals surface area (Å²) in [5.41, 5.74) is 1.08. The van der Waals surface area contributed by atoms with Gasteiger partial charge in [0.1, 0.15) is 6.54 Å². The standard InChI is InChI=1S/C18H19N3O5/c22-16-7-6-15(13-4-2-1-3-5-13)19-21(16)12-17(23)20-8-9-26-14(11-20)10-18(24)25/h1-7,14H,8-12H2,(H,24,25). The van der Waals surface area contributed by atoms with Gasteiger partial charge in [0.05, 0.1) is 24.8 Å². The van der Waals surface area contributed by atoms with Crippen molar-refractivity contribution in [3.63, 3.8) is 0 Å². The van der Waals surface area contributed by atoms with Gasteiger partial charge in [-0.15, -0.1) is 0 Å². The van der Waals surface area contributed by atoms with Crippen molar-refractivity contribution in [2.45, 2.75) is 19.1 Å². The van der Waals surface area contributed by atoms with E-state index in [-0.39, 0.29) is 37.6 Å². The molecule has 0 saturated carbocycles. The van der Waals surface area contributed by atoms with Gasteiger partial charge >= 0.3 is 5.97 Å². The minimum atomic E-state index is -0.974. The fraction of sp³-hybridized carbons (Fsp3) is 0.333. The van der Waals surface area contributed by atoms with Crippen molar-refractivity contribution in [2.75, 3.05) is 19.7 Å². The van der Waals surface area contributed by atoms with Crippen LogP contribution in [0.2, 0.25) is 0 Å². The van der Waals surface area contributed by atoms with Crippen molar-refractivity contribution in [3.8, 4) is 11.3 Å². The number of hydrogen-bond donors (Lipinski definition) is 1. The van der Waals surface area contributed by atoms with Crippen LogP contribution in [0.1, 0.15) is 6.42 Å². The Hall–Kier alpha value is -3.00. The van der Waals surface area contributed by atoms with Crippen molar-refractivity contribution in [2.24, 2.45) is 0 Å². The Morgan fingerprint density at radius 2 is 1.96 bits per heavy atom. The van der Waals surface area contributed by atoms with Crippen LogP contribution in [0, 0.1) is 0 Å². The van der Waals surface area contributed by atoms with Gasteiger partial charge in [-0.25, -0.2) is 4.68 Å². The molecule has 1 aromatic heterocycles. The second-order valence-electron chi connectivity index (χ2n) is 6.01. The number of hydrogen-bond acceptors (Lipinski definition) is 5. The number of rotatable bonds is 5. The number of morpholine rings is 1. The van der Waals surface area contributed by atoms with Crippen LogP contribution >= 0.6 is 0 Å². The summed E-state index contributed by atoms with van der Waals surface area (Å²) in [4.78, 5) is 36.9. The Labute approximate surface area is 149 Å². The van der Waals surface area contributed by atoms with Gasteiger partial charge in [-0.05, 0) is 6.07 Å². The van der Waals surface area contributed by atoms with Crippen LogP contribution in [0.25, 0.3) is 11.3 Å². The molecule has 0 radical (unpaired) electrons. The Morgan fingerprint density at radius 3 is 2.69 bits per heavy atom. The highest BCUT2D eigenvalue weighted by atomic mass is 16.5. The molecule has 1 saturated heterocycles. The Kier molecular flexibility index (Phi) is 5.43.